The van der Waals surface area contributed by atoms with Crippen molar-refractivity contribution in [3.63, 3.8) is 0 Å². The summed E-state index contributed by atoms with van der Waals surface area (Å²) in [6.45, 7) is 1.30. The van der Waals surface area contributed by atoms with E-state index in [1.54, 1.807) is 0 Å². The van der Waals surface area contributed by atoms with Gasteiger partial charge in [0, 0.05) is 12.1 Å². The Morgan fingerprint density at radius 2 is 2.07 bits per heavy atom. The molecule has 0 unspecified atom stereocenters. The molecular weight excluding hydrogens is 196 g/mol. The van der Waals surface area contributed by atoms with Gasteiger partial charge in [0.1, 0.15) is 11.6 Å². The summed E-state index contributed by atoms with van der Waals surface area (Å²) in [6, 6.07) is 3.57. The van der Waals surface area contributed by atoms with Gasteiger partial charge in [-0.05, 0) is 37.1 Å². The first-order valence-corrected chi connectivity index (χ1v) is 5.40. The molecule has 0 aliphatic heterocycles. The summed E-state index contributed by atoms with van der Waals surface area (Å²) in [5, 5.41) is 3.13. The number of hydrogen-bond acceptors (Lipinski definition) is 1. The van der Waals surface area contributed by atoms with Crippen LogP contribution in [0.25, 0.3) is 0 Å². The first-order chi connectivity index (χ1) is 7.25. The Hall–Kier alpha value is -0.960. The molecule has 15 heavy (non-hydrogen) atoms. The zero-order valence-corrected chi connectivity index (χ0v) is 8.60. The molecule has 0 bridgehead atoms. The molecule has 0 radical (unpaired) electrons. The van der Waals surface area contributed by atoms with Crippen LogP contribution in [0.15, 0.2) is 18.2 Å². The maximum atomic E-state index is 13.2. The molecule has 1 aromatic carbocycles. The van der Waals surface area contributed by atoms with Crippen LogP contribution >= 0.6 is 0 Å². The third-order valence-corrected chi connectivity index (χ3v) is 2.75. The normalized spacial score (nSPS) is 15.6. The fraction of sp³-hybridized carbons (Fsp3) is 0.500. The van der Waals surface area contributed by atoms with Gasteiger partial charge in [-0.3, -0.25) is 0 Å². The van der Waals surface area contributed by atoms with E-state index < -0.39 is 0 Å². The zero-order chi connectivity index (χ0) is 10.7. The van der Waals surface area contributed by atoms with E-state index in [4.69, 9.17) is 0 Å². The highest BCUT2D eigenvalue weighted by atomic mass is 19.1. The van der Waals surface area contributed by atoms with Crippen molar-refractivity contribution >= 4 is 0 Å². The van der Waals surface area contributed by atoms with E-state index in [2.05, 4.69) is 5.32 Å². The predicted octanol–water partition coefficient (Wildman–Crippen LogP) is 2.85. The lowest BCUT2D eigenvalue weighted by molar-refractivity contribution is 0.558. The predicted molar refractivity (Wildman–Crippen MR) is 55.4 cm³/mol. The first-order valence-electron chi connectivity index (χ1n) is 5.40. The Morgan fingerprint density at radius 1 is 1.27 bits per heavy atom. The second-order valence-corrected chi connectivity index (χ2v) is 4.14. The van der Waals surface area contributed by atoms with Gasteiger partial charge in [0.25, 0.3) is 0 Å². The summed E-state index contributed by atoms with van der Waals surface area (Å²) < 4.78 is 26.0. The van der Waals surface area contributed by atoms with Crippen LogP contribution in [0.4, 0.5) is 8.78 Å². The van der Waals surface area contributed by atoms with Crippen molar-refractivity contribution in [2.45, 2.75) is 25.8 Å². The summed E-state index contributed by atoms with van der Waals surface area (Å²) >= 11 is 0. The van der Waals surface area contributed by atoms with Crippen LogP contribution in [0.5, 0.6) is 0 Å². The lowest BCUT2D eigenvalue weighted by Gasteiger charge is -2.05. The summed E-state index contributed by atoms with van der Waals surface area (Å²) in [6.07, 6.45) is 3.81. The lowest BCUT2D eigenvalue weighted by atomic mass is 10.2. The third kappa shape index (κ3) is 3.27. The molecule has 1 nitrogen and oxygen atoms in total. The highest BCUT2D eigenvalue weighted by molar-refractivity contribution is 5.18. The Bertz CT molecular complexity index is 334. The molecule has 3 heteroatoms. The average molecular weight is 211 g/mol. The topological polar surface area (TPSA) is 12.0 Å². The molecule has 0 heterocycles. The molecule has 1 N–H and O–H groups in total. The van der Waals surface area contributed by atoms with Gasteiger partial charge in [-0.25, -0.2) is 8.78 Å². The van der Waals surface area contributed by atoms with Crippen molar-refractivity contribution < 1.29 is 8.78 Å². The Balaban J connectivity index is 1.78. The molecule has 82 valence electrons. The number of halogens is 2. The van der Waals surface area contributed by atoms with Gasteiger partial charge >= 0.3 is 0 Å². The largest absolute Gasteiger partial charge is 0.313 e. The number of hydrogen-bond donors (Lipinski definition) is 1. The summed E-state index contributed by atoms with van der Waals surface area (Å²) in [5.41, 5.74) is 0.408. The average Bonchev–Trinajstić information content (AvgIpc) is 3.01. The van der Waals surface area contributed by atoms with Crippen molar-refractivity contribution in [1.29, 1.82) is 0 Å². The molecule has 0 spiro atoms. The first kappa shape index (κ1) is 10.6. The van der Waals surface area contributed by atoms with Crippen LogP contribution in [0, 0.1) is 17.6 Å². The molecule has 0 aromatic heterocycles. The number of benzene rings is 1. The van der Waals surface area contributed by atoms with E-state index in [0.29, 0.717) is 12.1 Å². The molecule has 0 amide bonds. The van der Waals surface area contributed by atoms with Crippen LogP contribution in [-0.4, -0.2) is 6.54 Å². The van der Waals surface area contributed by atoms with Crippen LogP contribution in [-0.2, 0) is 6.54 Å². The third-order valence-electron chi connectivity index (χ3n) is 2.75. The van der Waals surface area contributed by atoms with Gasteiger partial charge < -0.3 is 5.32 Å². The summed E-state index contributed by atoms with van der Waals surface area (Å²) in [4.78, 5) is 0. The zero-order valence-electron chi connectivity index (χ0n) is 8.60. The molecule has 0 saturated heterocycles. The van der Waals surface area contributed by atoms with Crippen LogP contribution < -0.4 is 5.32 Å². The highest BCUT2D eigenvalue weighted by Gasteiger charge is 2.19. The minimum absolute atomic E-state index is 0.338. The van der Waals surface area contributed by atoms with E-state index in [1.807, 2.05) is 0 Å². The van der Waals surface area contributed by atoms with Crippen molar-refractivity contribution in [3.8, 4) is 0 Å². The SMILES string of the molecule is Fc1ccc(F)c(CNCCC2CC2)c1. The van der Waals surface area contributed by atoms with Crippen molar-refractivity contribution in [1.82, 2.24) is 5.32 Å². The van der Waals surface area contributed by atoms with E-state index in [9.17, 15) is 8.78 Å². The van der Waals surface area contributed by atoms with Gasteiger partial charge in [0.2, 0.25) is 0 Å². The van der Waals surface area contributed by atoms with Crippen molar-refractivity contribution in [2.75, 3.05) is 6.54 Å². The van der Waals surface area contributed by atoms with Crippen molar-refractivity contribution in [3.05, 3.63) is 35.4 Å². The van der Waals surface area contributed by atoms with E-state index in [1.165, 1.54) is 25.0 Å². The summed E-state index contributed by atoms with van der Waals surface area (Å²) in [7, 11) is 0. The van der Waals surface area contributed by atoms with Gasteiger partial charge in [-0.15, -0.1) is 0 Å². The molecule has 1 aromatic rings. The maximum Gasteiger partial charge on any atom is 0.127 e. The second kappa shape index (κ2) is 4.71. The standard InChI is InChI=1S/C12H15F2N/c13-11-3-4-12(14)10(7-11)8-15-6-5-9-1-2-9/h3-4,7,9,15H,1-2,5-6,8H2. The minimum atomic E-state index is -0.379. The van der Waals surface area contributed by atoms with E-state index >= 15 is 0 Å². The van der Waals surface area contributed by atoms with Crippen LogP contribution in [0.3, 0.4) is 0 Å². The second-order valence-electron chi connectivity index (χ2n) is 4.14. The molecule has 1 fully saturated rings. The quantitative estimate of drug-likeness (QED) is 0.738. The van der Waals surface area contributed by atoms with E-state index in [0.717, 1.165) is 24.9 Å². The van der Waals surface area contributed by atoms with Crippen molar-refractivity contribution in [2.24, 2.45) is 5.92 Å². The van der Waals surface area contributed by atoms with Gasteiger partial charge in [0.05, 0.1) is 0 Å². The Morgan fingerprint density at radius 3 is 2.80 bits per heavy atom. The van der Waals surface area contributed by atoms with Gasteiger partial charge in [-0.2, -0.15) is 0 Å². The van der Waals surface area contributed by atoms with Crippen LogP contribution in [0.1, 0.15) is 24.8 Å². The number of nitrogens with one attached hydrogen (secondary N) is 1. The molecular formula is C12H15F2N. The molecule has 1 saturated carbocycles. The minimum Gasteiger partial charge on any atom is -0.313 e. The fourth-order valence-electron chi connectivity index (χ4n) is 1.61. The lowest BCUT2D eigenvalue weighted by Crippen LogP contribution is -2.16. The van der Waals surface area contributed by atoms with Gasteiger partial charge in [-0.1, -0.05) is 12.8 Å². The van der Waals surface area contributed by atoms with E-state index in [-0.39, 0.29) is 11.6 Å². The maximum absolute atomic E-state index is 13.2. The summed E-state index contributed by atoms with van der Waals surface area (Å²) in [5.74, 6) is 0.153. The highest BCUT2D eigenvalue weighted by Crippen LogP contribution is 2.31. The van der Waals surface area contributed by atoms with Crippen LogP contribution in [0.2, 0.25) is 0 Å². The monoisotopic (exact) mass is 211 g/mol. The van der Waals surface area contributed by atoms with Gasteiger partial charge in [0.15, 0.2) is 0 Å². The molecule has 0 atom stereocenters. The molecule has 1 aliphatic rings. The molecule has 1 aliphatic carbocycles. The fourth-order valence-corrected chi connectivity index (χ4v) is 1.61. The number of rotatable bonds is 5. The Labute approximate surface area is 88.5 Å². The molecule has 2 rings (SSSR count). The smallest absolute Gasteiger partial charge is 0.127 e. The Kier molecular flexibility index (Phi) is 3.31.